The van der Waals surface area contributed by atoms with Gasteiger partial charge in [-0.25, -0.2) is 9.78 Å². The summed E-state index contributed by atoms with van der Waals surface area (Å²) in [5.41, 5.74) is 0.362. The van der Waals surface area contributed by atoms with Gasteiger partial charge in [-0.05, 0) is 37.7 Å². The largest absolute Gasteiger partial charge is 0.339 e. The average molecular weight is 358 g/mol. The first-order valence-electron chi connectivity index (χ1n) is 9.41. The highest BCUT2D eigenvalue weighted by Gasteiger charge is 2.24. The first-order valence-corrected chi connectivity index (χ1v) is 9.41. The van der Waals surface area contributed by atoms with Crippen LogP contribution < -0.4 is 11.2 Å². The van der Waals surface area contributed by atoms with E-state index < -0.39 is 11.2 Å². The van der Waals surface area contributed by atoms with Crippen LogP contribution in [0.3, 0.4) is 0 Å². The van der Waals surface area contributed by atoms with E-state index in [2.05, 4.69) is 9.97 Å². The van der Waals surface area contributed by atoms with E-state index >= 15 is 0 Å². The Kier molecular flexibility index (Phi) is 5.25. The zero-order valence-corrected chi connectivity index (χ0v) is 15.7. The number of carbonyl (C=O) groups excluding carboxylic acids is 1. The van der Waals surface area contributed by atoms with E-state index in [0.29, 0.717) is 36.5 Å². The number of pyridine rings is 1. The number of amides is 1. The second kappa shape index (κ2) is 7.43. The van der Waals surface area contributed by atoms with Crippen LogP contribution in [0.25, 0.3) is 11.0 Å². The van der Waals surface area contributed by atoms with Crippen molar-refractivity contribution in [2.24, 2.45) is 0 Å². The van der Waals surface area contributed by atoms with Crippen molar-refractivity contribution in [1.29, 1.82) is 0 Å². The molecule has 0 bridgehead atoms. The van der Waals surface area contributed by atoms with Gasteiger partial charge in [-0.1, -0.05) is 20.8 Å². The molecule has 0 atom stereocenters. The highest BCUT2D eigenvalue weighted by molar-refractivity contribution is 6.05. The van der Waals surface area contributed by atoms with E-state index in [1.807, 2.05) is 20.8 Å². The van der Waals surface area contributed by atoms with Gasteiger partial charge in [0.15, 0.2) is 5.65 Å². The lowest BCUT2D eigenvalue weighted by atomic mass is 10.0. The van der Waals surface area contributed by atoms with Crippen molar-refractivity contribution < 1.29 is 4.79 Å². The highest BCUT2D eigenvalue weighted by Crippen LogP contribution is 2.22. The number of likely N-dealkylation sites (tertiary alicyclic amines) is 1. The fourth-order valence-corrected chi connectivity index (χ4v) is 3.46. The Hall–Kier alpha value is -2.44. The molecule has 2 aromatic heterocycles. The van der Waals surface area contributed by atoms with E-state index in [-0.39, 0.29) is 17.2 Å². The van der Waals surface area contributed by atoms with Crippen molar-refractivity contribution in [2.45, 2.75) is 58.9 Å². The Balaban J connectivity index is 2.30. The van der Waals surface area contributed by atoms with Gasteiger partial charge < -0.3 is 4.90 Å². The van der Waals surface area contributed by atoms with Gasteiger partial charge in [-0.3, -0.25) is 19.1 Å². The smallest absolute Gasteiger partial charge is 0.329 e. The quantitative estimate of drug-likeness (QED) is 0.908. The van der Waals surface area contributed by atoms with Crippen LogP contribution in [0.1, 0.15) is 68.4 Å². The SMILES string of the molecule is CCCn1c(=O)[nH]c(=O)c2c(C(=O)N3CCCCC3)cc(C(C)C)nc21. The van der Waals surface area contributed by atoms with Crippen molar-refractivity contribution in [3.05, 3.63) is 38.2 Å². The standard InChI is InChI=1S/C19H26N4O3/c1-4-8-23-16-15(17(24)21-19(23)26)13(11-14(20-16)12(2)3)18(25)22-9-6-5-7-10-22/h11-12H,4-10H2,1-3H3,(H,21,24,26). The maximum atomic E-state index is 13.2. The van der Waals surface area contributed by atoms with E-state index in [4.69, 9.17) is 0 Å². The number of rotatable bonds is 4. The van der Waals surface area contributed by atoms with Crippen LogP contribution in [0.4, 0.5) is 0 Å². The van der Waals surface area contributed by atoms with Crippen molar-refractivity contribution in [2.75, 3.05) is 13.1 Å². The van der Waals surface area contributed by atoms with Gasteiger partial charge in [-0.15, -0.1) is 0 Å². The lowest BCUT2D eigenvalue weighted by Crippen LogP contribution is -2.37. The second-order valence-electron chi connectivity index (χ2n) is 7.21. The molecule has 140 valence electrons. The van der Waals surface area contributed by atoms with Crippen LogP contribution in [-0.2, 0) is 6.54 Å². The highest BCUT2D eigenvalue weighted by atomic mass is 16.2. The molecule has 0 saturated carbocycles. The third kappa shape index (κ3) is 3.30. The zero-order chi connectivity index (χ0) is 18.8. The van der Waals surface area contributed by atoms with Gasteiger partial charge in [-0.2, -0.15) is 0 Å². The minimum absolute atomic E-state index is 0.0803. The summed E-state index contributed by atoms with van der Waals surface area (Å²) in [5, 5.41) is 0.220. The average Bonchev–Trinajstić information content (AvgIpc) is 2.64. The van der Waals surface area contributed by atoms with Gasteiger partial charge in [0.1, 0.15) is 0 Å². The van der Waals surface area contributed by atoms with E-state index in [1.54, 1.807) is 11.0 Å². The molecule has 0 aromatic carbocycles. The lowest BCUT2D eigenvalue weighted by Gasteiger charge is -2.27. The van der Waals surface area contributed by atoms with E-state index in [1.165, 1.54) is 4.57 Å². The Morgan fingerprint density at radius 3 is 2.54 bits per heavy atom. The summed E-state index contributed by atoms with van der Waals surface area (Å²) >= 11 is 0. The van der Waals surface area contributed by atoms with Crippen LogP contribution in [0, 0.1) is 0 Å². The second-order valence-corrected chi connectivity index (χ2v) is 7.21. The lowest BCUT2D eigenvalue weighted by molar-refractivity contribution is 0.0726. The fourth-order valence-electron chi connectivity index (χ4n) is 3.46. The predicted molar refractivity (Wildman–Crippen MR) is 101 cm³/mol. The molecule has 1 aliphatic rings. The molecule has 3 rings (SSSR count). The number of hydrogen-bond donors (Lipinski definition) is 1. The number of aromatic nitrogens is 3. The van der Waals surface area contributed by atoms with Crippen molar-refractivity contribution in [1.82, 2.24) is 19.4 Å². The number of aryl methyl sites for hydroxylation is 1. The van der Waals surface area contributed by atoms with Gasteiger partial charge in [0, 0.05) is 25.3 Å². The number of fused-ring (bicyclic) bond motifs is 1. The van der Waals surface area contributed by atoms with Gasteiger partial charge >= 0.3 is 5.69 Å². The van der Waals surface area contributed by atoms with Crippen LogP contribution in [0.5, 0.6) is 0 Å². The normalized spacial score (nSPS) is 15.0. The summed E-state index contributed by atoms with van der Waals surface area (Å²) < 4.78 is 1.47. The third-order valence-electron chi connectivity index (χ3n) is 4.88. The molecule has 1 fully saturated rings. The Bertz CT molecular complexity index is 936. The molecule has 7 heteroatoms. The van der Waals surface area contributed by atoms with Crippen molar-refractivity contribution in [3.63, 3.8) is 0 Å². The Morgan fingerprint density at radius 2 is 1.92 bits per heavy atom. The minimum atomic E-state index is -0.541. The first-order chi connectivity index (χ1) is 12.4. The Labute approximate surface area is 152 Å². The third-order valence-corrected chi connectivity index (χ3v) is 4.88. The topological polar surface area (TPSA) is 88.1 Å². The summed E-state index contributed by atoms with van der Waals surface area (Å²) in [6, 6.07) is 1.72. The zero-order valence-electron chi connectivity index (χ0n) is 15.7. The van der Waals surface area contributed by atoms with Crippen molar-refractivity contribution >= 4 is 16.9 Å². The van der Waals surface area contributed by atoms with E-state index in [0.717, 1.165) is 25.7 Å². The van der Waals surface area contributed by atoms with E-state index in [9.17, 15) is 14.4 Å². The molecule has 1 amide bonds. The molecule has 26 heavy (non-hydrogen) atoms. The molecular formula is C19H26N4O3. The molecule has 3 heterocycles. The molecule has 0 aliphatic carbocycles. The molecule has 0 spiro atoms. The number of hydrogen-bond acceptors (Lipinski definition) is 4. The van der Waals surface area contributed by atoms with Gasteiger partial charge in [0.25, 0.3) is 11.5 Å². The number of carbonyl (C=O) groups is 1. The number of nitrogens with one attached hydrogen (secondary N) is 1. The number of H-pyrrole nitrogens is 1. The van der Waals surface area contributed by atoms with Crippen LogP contribution >= 0.6 is 0 Å². The maximum Gasteiger partial charge on any atom is 0.329 e. The summed E-state index contributed by atoms with van der Waals surface area (Å²) in [7, 11) is 0. The predicted octanol–water partition coefficient (Wildman–Crippen LogP) is 2.24. The molecule has 0 radical (unpaired) electrons. The number of aromatic amines is 1. The molecule has 7 nitrogen and oxygen atoms in total. The molecule has 1 N–H and O–H groups in total. The molecule has 2 aromatic rings. The summed E-state index contributed by atoms with van der Waals surface area (Å²) in [5.74, 6) is -0.0667. The minimum Gasteiger partial charge on any atom is -0.339 e. The molecule has 0 unspecified atom stereocenters. The summed E-state index contributed by atoms with van der Waals surface area (Å²) in [4.78, 5) is 46.7. The van der Waals surface area contributed by atoms with Crippen LogP contribution in [0.15, 0.2) is 15.7 Å². The summed E-state index contributed by atoms with van der Waals surface area (Å²) in [6.07, 6.45) is 3.80. The van der Waals surface area contributed by atoms with Gasteiger partial charge in [0.2, 0.25) is 0 Å². The summed E-state index contributed by atoms with van der Waals surface area (Å²) in [6.45, 7) is 7.77. The maximum absolute atomic E-state index is 13.2. The fraction of sp³-hybridized carbons (Fsp3) is 0.579. The monoisotopic (exact) mass is 358 g/mol. The number of nitrogens with zero attached hydrogens (tertiary/aromatic N) is 3. The molecular weight excluding hydrogens is 332 g/mol. The number of piperidine rings is 1. The molecule has 1 aliphatic heterocycles. The van der Waals surface area contributed by atoms with Crippen LogP contribution in [0.2, 0.25) is 0 Å². The van der Waals surface area contributed by atoms with Crippen LogP contribution in [-0.4, -0.2) is 38.4 Å². The van der Waals surface area contributed by atoms with Gasteiger partial charge in [0.05, 0.1) is 10.9 Å². The molecule has 1 saturated heterocycles. The first kappa shape index (κ1) is 18.4. The van der Waals surface area contributed by atoms with Crippen molar-refractivity contribution in [3.8, 4) is 0 Å². The Morgan fingerprint density at radius 1 is 1.23 bits per heavy atom.